The predicted octanol–water partition coefficient (Wildman–Crippen LogP) is 3.89. The predicted molar refractivity (Wildman–Crippen MR) is 94.5 cm³/mol. The van der Waals surface area contributed by atoms with Crippen molar-refractivity contribution in [3.8, 4) is 0 Å². The van der Waals surface area contributed by atoms with Crippen molar-refractivity contribution in [2.24, 2.45) is 7.05 Å². The van der Waals surface area contributed by atoms with E-state index in [9.17, 15) is 4.79 Å². The lowest BCUT2D eigenvalue weighted by Gasteiger charge is -2.19. The second kappa shape index (κ2) is 6.48. The second-order valence-corrected chi connectivity index (χ2v) is 7.29. The van der Waals surface area contributed by atoms with Gasteiger partial charge in [0.15, 0.2) is 5.69 Å². The van der Waals surface area contributed by atoms with E-state index < -0.39 is 0 Å². The monoisotopic (exact) mass is 375 g/mol. The molecule has 1 aromatic heterocycles. The number of aromatic nitrogens is 2. The van der Waals surface area contributed by atoms with E-state index in [0.717, 1.165) is 29.6 Å². The van der Waals surface area contributed by atoms with Crippen LogP contribution in [0.5, 0.6) is 0 Å². The smallest absolute Gasteiger partial charge is 0.274 e. The maximum atomic E-state index is 12.9. The number of carbonyl (C=O) groups is 1. The van der Waals surface area contributed by atoms with E-state index in [1.54, 1.807) is 0 Å². The van der Waals surface area contributed by atoms with E-state index in [-0.39, 0.29) is 5.91 Å². The fraction of sp³-hybridized carbons (Fsp3) is 0.444. The Kier molecular flexibility index (Phi) is 4.57. The highest BCUT2D eigenvalue weighted by atomic mass is 79.9. The first kappa shape index (κ1) is 16.2. The highest BCUT2D eigenvalue weighted by Crippen LogP contribution is 2.27. The van der Waals surface area contributed by atoms with Gasteiger partial charge in [0.05, 0.1) is 0 Å². The maximum absolute atomic E-state index is 12.9. The van der Waals surface area contributed by atoms with Gasteiger partial charge in [-0.15, -0.1) is 0 Å². The van der Waals surface area contributed by atoms with E-state index in [1.165, 1.54) is 11.1 Å². The van der Waals surface area contributed by atoms with Crippen molar-refractivity contribution in [3.63, 3.8) is 0 Å². The first-order valence-corrected chi connectivity index (χ1v) is 8.86. The fourth-order valence-corrected chi connectivity index (χ4v) is 3.83. The number of benzene rings is 1. The van der Waals surface area contributed by atoms with Crippen LogP contribution in [0, 0.1) is 0 Å². The van der Waals surface area contributed by atoms with Gasteiger partial charge in [-0.25, -0.2) is 0 Å². The lowest BCUT2D eigenvalue weighted by molar-refractivity contribution is 0.0739. The van der Waals surface area contributed by atoms with Gasteiger partial charge in [0.2, 0.25) is 0 Å². The molecule has 0 saturated heterocycles. The summed E-state index contributed by atoms with van der Waals surface area (Å²) in [4.78, 5) is 14.8. The van der Waals surface area contributed by atoms with Gasteiger partial charge in [-0.3, -0.25) is 9.48 Å². The van der Waals surface area contributed by atoms with Gasteiger partial charge in [0, 0.05) is 30.3 Å². The summed E-state index contributed by atoms with van der Waals surface area (Å²) in [6.45, 7) is 5.66. The third-order valence-corrected chi connectivity index (χ3v) is 5.19. The highest BCUT2D eigenvalue weighted by Gasteiger charge is 2.24. The number of carbonyl (C=O) groups excluding carboxylic acids is 1. The number of hydrogen-bond acceptors (Lipinski definition) is 2. The Morgan fingerprint density at radius 2 is 2.13 bits per heavy atom. The van der Waals surface area contributed by atoms with Crippen LogP contribution in [0.15, 0.2) is 28.7 Å². The summed E-state index contributed by atoms with van der Waals surface area (Å²) in [5.41, 5.74) is 4.19. The first-order valence-electron chi connectivity index (χ1n) is 8.07. The molecule has 4 nitrogen and oxygen atoms in total. The molecule has 1 amide bonds. The van der Waals surface area contributed by atoms with E-state index in [0.29, 0.717) is 18.2 Å². The molecule has 0 atom stereocenters. The molecule has 1 aromatic carbocycles. The molecule has 0 spiro atoms. The number of halogens is 1. The molecule has 1 aliphatic rings. The molecule has 0 bridgehead atoms. The second-order valence-electron chi connectivity index (χ2n) is 6.44. The summed E-state index contributed by atoms with van der Waals surface area (Å²) in [7, 11) is 1.90. The van der Waals surface area contributed by atoms with Gasteiger partial charge in [0.1, 0.15) is 0 Å². The van der Waals surface area contributed by atoms with Crippen molar-refractivity contribution >= 4 is 21.8 Å². The van der Waals surface area contributed by atoms with Gasteiger partial charge in [-0.05, 0) is 42.0 Å². The number of hydrogen-bond donors (Lipinski definition) is 0. The fourth-order valence-electron chi connectivity index (χ4n) is 3.22. The Bertz CT molecular complexity index is 736. The van der Waals surface area contributed by atoms with Gasteiger partial charge in [-0.1, -0.05) is 41.9 Å². The molecule has 0 saturated carbocycles. The topological polar surface area (TPSA) is 38.1 Å². The third-order valence-electron chi connectivity index (χ3n) is 4.45. The summed E-state index contributed by atoms with van der Waals surface area (Å²) in [6, 6.07) is 8.15. The Morgan fingerprint density at radius 3 is 2.83 bits per heavy atom. The van der Waals surface area contributed by atoms with Gasteiger partial charge in [-0.2, -0.15) is 5.10 Å². The Hall–Kier alpha value is -1.62. The Balaban J connectivity index is 1.87. The molecular weight excluding hydrogens is 354 g/mol. The van der Waals surface area contributed by atoms with Gasteiger partial charge >= 0.3 is 0 Å². The number of aryl methyl sites for hydroxylation is 1. The van der Waals surface area contributed by atoms with Crippen molar-refractivity contribution in [1.29, 1.82) is 0 Å². The minimum atomic E-state index is 0.0281. The summed E-state index contributed by atoms with van der Waals surface area (Å²) >= 11 is 3.63. The quantitative estimate of drug-likeness (QED) is 0.798. The Morgan fingerprint density at radius 1 is 1.35 bits per heavy atom. The van der Waals surface area contributed by atoms with E-state index in [4.69, 9.17) is 0 Å². The van der Waals surface area contributed by atoms with Crippen LogP contribution in [0.4, 0.5) is 0 Å². The zero-order valence-corrected chi connectivity index (χ0v) is 15.4. The SMILES string of the molecule is CC(C)c1cc(C(=O)N2CCCc3c(Br)cccc3C2)nn1C. The molecule has 0 fully saturated rings. The van der Waals surface area contributed by atoms with Crippen LogP contribution in [0.3, 0.4) is 0 Å². The molecule has 122 valence electrons. The number of amides is 1. The van der Waals surface area contributed by atoms with Crippen molar-refractivity contribution in [3.05, 3.63) is 51.3 Å². The van der Waals surface area contributed by atoms with Gasteiger partial charge in [0.25, 0.3) is 5.91 Å². The minimum Gasteiger partial charge on any atom is -0.333 e. The molecule has 0 N–H and O–H groups in total. The molecule has 0 unspecified atom stereocenters. The van der Waals surface area contributed by atoms with Crippen molar-refractivity contribution < 1.29 is 4.79 Å². The summed E-state index contributed by atoms with van der Waals surface area (Å²) in [6.07, 6.45) is 1.98. The molecule has 5 heteroatoms. The van der Waals surface area contributed by atoms with Crippen LogP contribution >= 0.6 is 15.9 Å². The van der Waals surface area contributed by atoms with Crippen LogP contribution in [-0.4, -0.2) is 27.1 Å². The third kappa shape index (κ3) is 3.20. The number of rotatable bonds is 2. The van der Waals surface area contributed by atoms with Crippen LogP contribution in [0.25, 0.3) is 0 Å². The van der Waals surface area contributed by atoms with Crippen molar-refractivity contribution in [1.82, 2.24) is 14.7 Å². The zero-order valence-electron chi connectivity index (χ0n) is 13.8. The molecule has 0 aliphatic carbocycles. The summed E-state index contributed by atoms with van der Waals surface area (Å²) < 4.78 is 2.96. The standard InChI is InChI=1S/C18H22BrN3O/c1-12(2)17-10-16(20-21(17)3)18(23)22-9-5-7-14-13(11-22)6-4-8-15(14)19/h4,6,8,10,12H,5,7,9,11H2,1-3H3. The molecule has 1 aliphatic heterocycles. The average Bonchev–Trinajstić information content (AvgIpc) is 2.76. The summed E-state index contributed by atoms with van der Waals surface area (Å²) in [5, 5.41) is 4.43. The van der Waals surface area contributed by atoms with Crippen molar-refractivity contribution in [2.75, 3.05) is 6.54 Å². The van der Waals surface area contributed by atoms with Crippen LogP contribution in [0.2, 0.25) is 0 Å². The molecular formula is C18H22BrN3O. The molecule has 0 radical (unpaired) electrons. The van der Waals surface area contributed by atoms with Crippen LogP contribution in [-0.2, 0) is 20.0 Å². The average molecular weight is 376 g/mol. The van der Waals surface area contributed by atoms with Crippen LogP contribution in [0.1, 0.15) is 53.5 Å². The minimum absolute atomic E-state index is 0.0281. The summed E-state index contributed by atoms with van der Waals surface area (Å²) in [5.74, 6) is 0.384. The van der Waals surface area contributed by atoms with E-state index >= 15 is 0 Å². The van der Waals surface area contributed by atoms with Crippen LogP contribution < -0.4 is 0 Å². The number of fused-ring (bicyclic) bond motifs is 1. The molecule has 2 heterocycles. The number of nitrogens with zero attached hydrogens (tertiary/aromatic N) is 3. The molecule has 23 heavy (non-hydrogen) atoms. The molecule has 2 aromatic rings. The lowest BCUT2D eigenvalue weighted by Crippen LogP contribution is -2.31. The molecule has 3 rings (SSSR count). The highest BCUT2D eigenvalue weighted by molar-refractivity contribution is 9.10. The van der Waals surface area contributed by atoms with E-state index in [1.807, 2.05) is 28.8 Å². The van der Waals surface area contributed by atoms with Gasteiger partial charge < -0.3 is 4.90 Å². The largest absolute Gasteiger partial charge is 0.333 e. The van der Waals surface area contributed by atoms with E-state index in [2.05, 4.69) is 47.0 Å². The maximum Gasteiger partial charge on any atom is 0.274 e. The normalized spacial score (nSPS) is 14.7. The zero-order chi connectivity index (χ0) is 16.6. The van der Waals surface area contributed by atoms with Crippen molar-refractivity contribution in [2.45, 2.75) is 39.2 Å². The lowest BCUT2D eigenvalue weighted by atomic mass is 10.0. The Labute approximate surface area is 145 Å². The first-order chi connectivity index (χ1) is 11.0.